The SMILES string of the molecule is NC(=O)c1cccc2c1NC(c1ccc(Br)cc1)C1CC=CC21. The number of benzene rings is 2. The van der Waals surface area contributed by atoms with Crippen LogP contribution in [0.2, 0.25) is 0 Å². The lowest BCUT2D eigenvalue weighted by Gasteiger charge is -2.38. The van der Waals surface area contributed by atoms with Gasteiger partial charge in [-0.3, -0.25) is 4.79 Å². The van der Waals surface area contributed by atoms with E-state index in [1.807, 2.05) is 6.07 Å². The van der Waals surface area contributed by atoms with E-state index >= 15 is 0 Å². The summed E-state index contributed by atoms with van der Waals surface area (Å²) in [5.74, 6) is 0.412. The number of fused-ring (bicyclic) bond motifs is 3. The Morgan fingerprint density at radius 3 is 2.70 bits per heavy atom. The topological polar surface area (TPSA) is 55.1 Å². The molecule has 2 aromatic rings. The number of hydrogen-bond donors (Lipinski definition) is 2. The van der Waals surface area contributed by atoms with Crippen molar-refractivity contribution in [3.63, 3.8) is 0 Å². The van der Waals surface area contributed by atoms with Crippen LogP contribution in [0.5, 0.6) is 0 Å². The summed E-state index contributed by atoms with van der Waals surface area (Å²) in [6.07, 6.45) is 5.55. The average molecular weight is 369 g/mol. The number of nitrogens with one attached hydrogen (secondary N) is 1. The minimum Gasteiger partial charge on any atom is -0.377 e. The van der Waals surface area contributed by atoms with Crippen molar-refractivity contribution in [1.29, 1.82) is 0 Å². The van der Waals surface area contributed by atoms with Crippen molar-refractivity contribution in [3.8, 4) is 0 Å². The van der Waals surface area contributed by atoms with E-state index in [1.165, 1.54) is 11.1 Å². The fourth-order valence-electron chi connectivity index (χ4n) is 3.83. The van der Waals surface area contributed by atoms with Gasteiger partial charge in [0.1, 0.15) is 0 Å². The summed E-state index contributed by atoms with van der Waals surface area (Å²) in [6, 6.07) is 14.4. The summed E-state index contributed by atoms with van der Waals surface area (Å²) in [5.41, 5.74) is 9.45. The second kappa shape index (κ2) is 5.53. The number of amides is 1. The van der Waals surface area contributed by atoms with Gasteiger partial charge in [0.2, 0.25) is 0 Å². The lowest BCUT2D eigenvalue weighted by Crippen LogP contribution is -2.31. The van der Waals surface area contributed by atoms with Gasteiger partial charge in [0, 0.05) is 10.4 Å². The van der Waals surface area contributed by atoms with Crippen LogP contribution in [0.1, 0.15) is 39.9 Å². The largest absolute Gasteiger partial charge is 0.377 e. The highest BCUT2D eigenvalue weighted by atomic mass is 79.9. The first kappa shape index (κ1) is 14.5. The van der Waals surface area contributed by atoms with E-state index in [2.05, 4.69) is 63.7 Å². The lowest BCUT2D eigenvalue weighted by molar-refractivity contribution is 0.100. The molecule has 0 bridgehead atoms. The van der Waals surface area contributed by atoms with Gasteiger partial charge in [-0.25, -0.2) is 0 Å². The van der Waals surface area contributed by atoms with E-state index in [1.54, 1.807) is 6.07 Å². The highest BCUT2D eigenvalue weighted by Crippen LogP contribution is 2.50. The summed E-state index contributed by atoms with van der Waals surface area (Å²) >= 11 is 3.49. The number of carbonyl (C=O) groups is 1. The second-order valence-electron chi connectivity index (χ2n) is 6.16. The molecule has 0 fully saturated rings. The molecular weight excluding hydrogens is 352 g/mol. The standard InChI is InChI=1S/C19H17BrN2O/c20-12-9-7-11(8-10-12)17-14-4-1-3-13(14)15-5-2-6-16(19(21)23)18(15)22-17/h1-3,5-10,13-14,17,22H,4H2,(H2,21,23). The number of hydrogen-bond acceptors (Lipinski definition) is 2. The highest BCUT2D eigenvalue weighted by Gasteiger charge is 2.38. The number of anilines is 1. The number of primary amides is 1. The Balaban J connectivity index is 1.83. The lowest BCUT2D eigenvalue weighted by atomic mass is 9.76. The Morgan fingerprint density at radius 1 is 1.17 bits per heavy atom. The summed E-state index contributed by atoms with van der Waals surface area (Å²) in [5, 5.41) is 3.60. The molecule has 0 saturated heterocycles. The van der Waals surface area contributed by atoms with Crippen LogP contribution in [0.15, 0.2) is 59.1 Å². The average Bonchev–Trinajstić information content (AvgIpc) is 3.04. The molecule has 116 valence electrons. The number of halogens is 1. The fourth-order valence-corrected chi connectivity index (χ4v) is 4.09. The predicted octanol–water partition coefficient (Wildman–Crippen LogP) is 4.37. The maximum Gasteiger partial charge on any atom is 0.250 e. The van der Waals surface area contributed by atoms with Gasteiger partial charge >= 0.3 is 0 Å². The van der Waals surface area contributed by atoms with Gasteiger partial charge in [0.05, 0.1) is 17.3 Å². The minimum absolute atomic E-state index is 0.177. The molecule has 23 heavy (non-hydrogen) atoms. The van der Waals surface area contributed by atoms with Gasteiger partial charge in [-0.15, -0.1) is 0 Å². The molecule has 0 aromatic heterocycles. The maximum atomic E-state index is 11.8. The molecule has 4 rings (SSSR count). The molecule has 2 aromatic carbocycles. The molecule has 3 nitrogen and oxygen atoms in total. The molecule has 1 amide bonds. The van der Waals surface area contributed by atoms with Gasteiger partial charge in [-0.2, -0.15) is 0 Å². The molecule has 0 spiro atoms. The summed E-state index contributed by atoms with van der Waals surface area (Å²) < 4.78 is 1.07. The molecule has 0 saturated carbocycles. The van der Waals surface area contributed by atoms with Crippen LogP contribution in [0.25, 0.3) is 0 Å². The number of carbonyl (C=O) groups excluding carboxylic acids is 1. The first-order chi connectivity index (χ1) is 11.1. The third kappa shape index (κ3) is 2.38. The van der Waals surface area contributed by atoms with Crippen molar-refractivity contribution in [2.75, 3.05) is 5.32 Å². The van der Waals surface area contributed by atoms with Crippen LogP contribution >= 0.6 is 15.9 Å². The van der Waals surface area contributed by atoms with E-state index in [9.17, 15) is 4.79 Å². The molecule has 3 atom stereocenters. The third-order valence-corrected chi connectivity index (χ3v) is 5.42. The zero-order chi connectivity index (χ0) is 16.0. The van der Waals surface area contributed by atoms with E-state index in [-0.39, 0.29) is 11.9 Å². The van der Waals surface area contributed by atoms with Crippen molar-refractivity contribution in [3.05, 3.63) is 75.8 Å². The summed E-state index contributed by atoms with van der Waals surface area (Å²) in [7, 11) is 0. The van der Waals surface area contributed by atoms with Crippen molar-refractivity contribution >= 4 is 27.5 Å². The van der Waals surface area contributed by atoms with E-state index in [4.69, 9.17) is 5.73 Å². The molecule has 1 aliphatic heterocycles. The van der Waals surface area contributed by atoms with Crippen LogP contribution in [-0.4, -0.2) is 5.91 Å². The van der Waals surface area contributed by atoms with Gasteiger partial charge in [-0.05, 0) is 41.7 Å². The van der Waals surface area contributed by atoms with Crippen molar-refractivity contribution < 1.29 is 4.79 Å². The van der Waals surface area contributed by atoms with Gasteiger partial charge in [0.15, 0.2) is 0 Å². The second-order valence-corrected chi connectivity index (χ2v) is 7.08. The molecule has 3 unspecified atom stereocenters. The summed E-state index contributed by atoms with van der Waals surface area (Å²) in [4.78, 5) is 11.8. The minimum atomic E-state index is -0.385. The molecule has 0 radical (unpaired) electrons. The van der Waals surface area contributed by atoms with Crippen LogP contribution in [0, 0.1) is 5.92 Å². The first-order valence-electron chi connectivity index (χ1n) is 7.76. The zero-order valence-corrected chi connectivity index (χ0v) is 14.1. The predicted molar refractivity (Wildman–Crippen MR) is 95.5 cm³/mol. The van der Waals surface area contributed by atoms with Crippen molar-refractivity contribution in [1.82, 2.24) is 0 Å². The smallest absolute Gasteiger partial charge is 0.250 e. The van der Waals surface area contributed by atoms with Crippen molar-refractivity contribution in [2.24, 2.45) is 11.7 Å². The Labute approximate surface area is 143 Å². The van der Waals surface area contributed by atoms with Gasteiger partial charge in [-0.1, -0.05) is 52.3 Å². The Hall–Kier alpha value is -2.07. The molecule has 1 heterocycles. The van der Waals surface area contributed by atoms with Gasteiger partial charge in [0.25, 0.3) is 5.91 Å². The zero-order valence-electron chi connectivity index (χ0n) is 12.5. The Bertz CT molecular complexity index is 798. The molecular formula is C19H17BrN2O. The van der Waals surface area contributed by atoms with Gasteiger partial charge < -0.3 is 11.1 Å². The van der Waals surface area contributed by atoms with Crippen molar-refractivity contribution in [2.45, 2.75) is 18.4 Å². The Morgan fingerprint density at radius 2 is 1.96 bits per heavy atom. The normalized spacial score (nSPS) is 24.7. The number of allylic oxidation sites excluding steroid dienone is 2. The first-order valence-corrected chi connectivity index (χ1v) is 8.56. The van der Waals surface area contributed by atoms with E-state index < -0.39 is 0 Å². The van der Waals surface area contributed by atoms with E-state index in [0.29, 0.717) is 17.4 Å². The number of rotatable bonds is 2. The number of para-hydroxylation sites is 1. The van der Waals surface area contributed by atoms with E-state index in [0.717, 1.165) is 16.6 Å². The molecule has 2 aliphatic rings. The fraction of sp³-hybridized carbons (Fsp3) is 0.211. The number of nitrogens with two attached hydrogens (primary N) is 1. The summed E-state index contributed by atoms with van der Waals surface area (Å²) in [6.45, 7) is 0. The monoisotopic (exact) mass is 368 g/mol. The molecule has 3 N–H and O–H groups in total. The highest BCUT2D eigenvalue weighted by molar-refractivity contribution is 9.10. The van der Waals surface area contributed by atoms with Crippen LogP contribution in [0.3, 0.4) is 0 Å². The Kier molecular flexibility index (Phi) is 3.49. The van der Waals surface area contributed by atoms with Crippen LogP contribution in [0.4, 0.5) is 5.69 Å². The molecule has 4 heteroatoms. The maximum absolute atomic E-state index is 11.8. The molecule has 1 aliphatic carbocycles. The van der Waals surface area contributed by atoms with Crippen LogP contribution < -0.4 is 11.1 Å². The third-order valence-electron chi connectivity index (χ3n) is 4.89. The van der Waals surface area contributed by atoms with Crippen LogP contribution in [-0.2, 0) is 0 Å². The quantitative estimate of drug-likeness (QED) is 0.773.